The van der Waals surface area contributed by atoms with Crippen molar-refractivity contribution in [2.24, 2.45) is 0 Å². The number of hydrogen-bond acceptors (Lipinski definition) is 3. The minimum Gasteiger partial charge on any atom is -0.343 e. The highest BCUT2D eigenvalue weighted by Gasteiger charge is 2.28. The number of fused-ring (bicyclic) bond motifs is 1. The van der Waals surface area contributed by atoms with Crippen LogP contribution >= 0.6 is 11.8 Å². The fourth-order valence-corrected chi connectivity index (χ4v) is 2.30. The van der Waals surface area contributed by atoms with Crippen LogP contribution < -0.4 is 10.6 Å². The number of anilines is 1. The first kappa shape index (κ1) is 13.7. The summed E-state index contributed by atoms with van der Waals surface area (Å²) < 4.78 is 35.9. The zero-order valence-electron chi connectivity index (χ0n) is 9.50. The molecule has 1 aromatic carbocycles. The molecule has 19 heavy (non-hydrogen) atoms. The second-order valence-electron chi connectivity index (χ2n) is 3.85. The van der Waals surface area contributed by atoms with Gasteiger partial charge in [0.15, 0.2) is 0 Å². The fourth-order valence-electron chi connectivity index (χ4n) is 1.51. The van der Waals surface area contributed by atoms with Crippen molar-refractivity contribution < 1.29 is 22.8 Å². The lowest BCUT2D eigenvalue weighted by molar-refractivity contribution is -0.123. The van der Waals surface area contributed by atoms with Crippen molar-refractivity contribution in [1.82, 2.24) is 5.32 Å². The van der Waals surface area contributed by atoms with Crippen molar-refractivity contribution in [3.63, 3.8) is 0 Å². The Bertz CT molecular complexity index is 531. The standard InChI is InChI=1S/C11H9F3N2O2S/c12-11(13,14)5-15-10(18)6-1-2-8-7(3-6)16-9(17)4-19-8/h1-3H,4-5H2,(H,15,18)(H,16,17). The SMILES string of the molecule is O=C1CSc2ccc(C(=O)NCC(F)(F)F)cc2N1. The van der Waals surface area contributed by atoms with Gasteiger partial charge in [-0.25, -0.2) is 0 Å². The maximum absolute atomic E-state index is 12.0. The van der Waals surface area contributed by atoms with Gasteiger partial charge in [-0.2, -0.15) is 13.2 Å². The van der Waals surface area contributed by atoms with Gasteiger partial charge < -0.3 is 10.6 Å². The van der Waals surface area contributed by atoms with Gasteiger partial charge in [-0.3, -0.25) is 9.59 Å². The molecule has 0 aromatic heterocycles. The van der Waals surface area contributed by atoms with Gasteiger partial charge in [-0.15, -0.1) is 11.8 Å². The molecular weight excluding hydrogens is 281 g/mol. The normalized spacial score (nSPS) is 14.6. The van der Waals surface area contributed by atoms with Gasteiger partial charge in [0.05, 0.1) is 11.4 Å². The molecule has 4 nitrogen and oxygen atoms in total. The number of carbonyl (C=O) groups excluding carboxylic acids is 2. The van der Waals surface area contributed by atoms with Crippen LogP contribution in [0.3, 0.4) is 0 Å². The summed E-state index contributed by atoms with van der Waals surface area (Å²) in [4.78, 5) is 23.5. The van der Waals surface area contributed by atoms with Crippen LogP contribution in [-0.2, 0) is 4.79 Å². The molecular formula is C11H9F3N2O2S. The van der Waals surface area contributed by atoms with Crippen LogP contribution in [0.4, 0.5) is 18.9 Å². The van der Waals surface area contributed by atoms with Crippen LogP contribution in [0.2, 0.25) is 0 Å². The third kappa shape index (κ3) is 3.63. The van der Waals surface area contributed by atoms with E-state index in [1.165, 1.54) is 23.9 Å². The summed E-state index contributed by atoms with van der Waals surface area (Å²) in [6.45, 7) is -1.38. The second kappa shape index (κ2) is 5.12. The van der Waals surface area contributed by atoms with Crippen LogP contribution in [0.25, 0.3) is 0 Å². The number of amides is 2. The molecule has 2 rings (SSSR count). The highest BCUT2D eigenvalue weighted by Crippen LogP contribution is 2.31. The minimum absolute atomic E-state index is 0.0748. The van der Waals surface area contributed by atoms with Crippen LogP contribution in [0.15, 0.2) is 23.1 Å². The molecule has 2 N–H and O–H groups in total. The van der Waals surface area contributed by atoms with Crippen molar-refractivity contribution in [1.29, 1.82) is 0 Å². The highest BCUT2D eigenvalue weighted by molar-refractivity contribution is 8.00. The topological polar surface area (TPSA) is 58.2 Å². The number of nitrogens with one attached hydrogen (secondary N) is 2. The smallest absolute Gasteiger partial charge is 0.343 e. The summed E-state index contributed by atoms with van der Waals surface area (Å²) in [5.41, 5.74) is 0.520. The van der Waals surface area contributed by atoms with Gasteiger partial charge in [0.1, 0.15) is 6.54 Å². The molecule has 1 aliphatic heterocycles. The van der Waals surface area contributed by atoms with Gasteiger partial charge in [0.2, 0.25) is 5.91 Å². The van der Waals surface area contributed by atoms with E-state index in [-0.39, 0.29) is 17.2 Å². The summed E-state index contributed by atoms with van der Waals surface area (Å²) in [6.07, 6.45) is -4.45. The number of thioether (sulfide) groups is 1. The average molecular weight is 290 g/mol. The van der Waals surface area contributed by atoms with Gasteiger partial charge in [-0.1, -0.05) is 0 Å². The molecule has 1 aromatic rings. The average Bonchev–Trinajstić information content (AvgIpc) is 2.34. The highest BCUT2D eigenvalue weighted by atomic mass is 32.2. The molecule has 102 valence electrons. The molecule has 0 atom stereocenters. The van der Waals surface area contributed by atoms with E-state index >= 15 is 0 Å². The molecule has 0 aliphatic carbocycles. The maximum atomic E-state index is 12.0. The molecule has 0 unspecified atom stereocenters. The molecule has 0 fully saturated rings. The zero-order chi connectivity index (χ0) is 14.0. The summed E-state index contributed by atoms with van der Waals surface area (Å²) in [5, 5.41) is 4.34. The van der Waals surface area contributed by atoms with Crippen molar-refractivity contribution in [3.8, 4) is 0 Å². The van der Waals surface area contributed by atoms with E-state index in [1.807, 2.05) is 0 Å². The lowest BCUT2D eigenvalue weighted by Gasteiger charge is -2.17. The molecule has 1 aliphatic rings. The van der Waals surface area contributed by atoms with Gasteiger partial charge in [0.25, 0.3) is 5.91 Å². The summed E-state index contributed by atoms with van der Waals surface area (Å²) in [6, 6.07) is 4.39. The van der Waals surface area contributed by atoms with Crippen molar-refractivity contribution in [2.75, 3.05) is 17.6 Å². The van der Waals surface area contributed by atoms with E-state index in [9.17, 15) is 22.8 Å². The first-order valence-electron chi connectivity index (χ1n) is 5.27. The van der Waals surface area contributed by atoms with Crippen LogP contribution in [0.5, 0.6) is 0 Å². The Balaban J connectivity index is 2.11. The van der Waals surface area contributed by atoms with Crippen molar-refractivity contribution >= 4 is 29.3 Å². The summed E-state index contributed by atoms with van der Waals surface area (Å²) in [5.74, 6) is -0.748. The Hall–Kier alpha value is -1.70. The van der Waals surface area contributed by atoms with Crippen molar-refractivity contribution in [3.05, 3.63) is 23.8 Å². The molecule has 0 spiro atoms. The lowest BCUT2D eigenvalue weighted by atomic mass is 10.2. The Morgan fingerprint density at radius 3 is 2.84 bits per heavy atom. The van der Waals surface area contributed by atoms with Crippen LogP contribution in [0, 0.1) is 0 Å². The van der Waals surface area contributed by atoms with E-state index in [1.54, 1.807) is 11.4 Å². The third-order valence-corrected chi connectivity index (χ3v) is 3.40. The van der Waals surface area contributed by atoms with E-state index in [0.29, 0.717) is 5.69 Å². The first-order valence-corrected chi connectivity index (χ1v) is 6.25. The molecule has 2 amide bonds. The number of alkyl halides is 3. The van der Waals surface area contributed by atoms with Crippen molar-refractivity contribution in [2.45, 2.75) is 11.1 Å². The minimum atomic E-state index is -4.45. The number of hydrogen-bond donors (Lipinski definition) is 2. The first-order chi connectivity index (χ1) is 8.85. The molecule has 1 heterocycles. The Labute approximate surface area is 110 Å². The number of rotatable bonds is 2. The monoisotopic (exact) mass is 290 g/mol. The summed E-state index contributed by atoms with van der Waals surface area (Å²) in [7, 11) is 0. The Morgan fingerprint density at radius 1 is 1.42 bits per heavy atom. The number of carbonyl (C=O) groups is 2. The second-order valence-corrected chi connectivity index (χ2v) is 4.86. The third-order valence-electron chi connectivity index (χ3n) is 2.32. The predicted molar refractivity (Wildman–Crippen MR) is 64.2 cm³/mol. The lowest BCUT2D eigenvalue weighted by Crippen LogP contribution is -2.33. The zero-order valence-corrected chi connectivity index (χ0v) is 10.3. The van der Waals surface area contributed by atoms with Gasteiger partial charge >= 0.3 is 6.18 Å². The molecule has 0 saturated carbocycles. The van der Waals surface area contributed by atoms with Crippen LogP contribution in [0.1, 0.15) is 10.4 Å². The van der Waals surface area contributed by atoms with E-state index in [2.05, 4.69) is 5.32 Å². The Kier molecular flexibility index (Phi) is 3.70. The molecule has 8 heteroatoms. The van der Waals surface area contributed by atoms with E-state index in [0.717, 1.165) is 4.90 Å². The Morgan fingerprint density at radius 2 is 2.16 bits per heavy atom. The molecule has 0 saturated heterocycles. The quantitative estimate of drug-likeness (QED) is 0.876. The fraction of sp³-hybridized carbons (Fsp3) is 0.273. The van der Waals surface area contributed by atoms with Crippen LogP contribution in [-0.4, -0.2) is 30.3 Å². The van der Waals surface area contributed by atoms with E-state index in [4.69, 9.17) is 0 Å². The summed E-state index contributed by atoms with van der Waals surface area (Å²) >= 11 is 1.31. The molecule has 0 bridgehead atoms. The predicted octanol–water partition coefficient (Wildman–Crippen LogP) is 2.02. The number of halogens is 3. The largest absolute Gasteiger partial charge is 0.405 e. The molecule has 0 radical (unpaired) electrons. The number of benzene rings is 1. The maximum Gasteiger partial charge on any atom is 0.405 e. The van der Waals surface area contributed by atoms with Gasteiger partial charge in [-0.05, 0) is 18.2 Å². The van der Waals surface area contributed by atoms with E-state index < -0.39 is 18.6 Å². The van der Waals surface area contributed by atoms with Gasteiger partial charge in [0, 0.05) is 10.5 Å².